The molecular weight excluding hydrogens is 152 g/mol. The van der Waals surface area contributed by atoms with Gasteiger partial charge in [-0.25, -0.2) is 0 Å². The molecule has 0 aromatic carbocycles. The third-order valence-corrected chi connectivity index (χ3v) is 1.89. The van der Waals surface area contributed by atoms with Crippen LogP contribution in [0.1, 0.15) is 0 Å². The number of rotatable bonds is 3. The van der Waals surface area contributed by atoms with Crippen molar-refractivity contribution in [1.29, 1.82) is 0 Å². The molecule has 0 aliphatic carbocycles. The van der Waals surface area contributed by atoms with E-state index in [1.807, 2.05) is 7.05 Å². The Balaban J connectivity index is 2.16. The van der Waals surface area contributed by atoms with Gasteiger partial charge in [-0.05, 0) is 7.05 Å². The highest BCUT2D eigenvalue weighted by atomic mass is 16.5. The molecule has 68 valence electrons. The molecule has 1 unspecified atom stereocenters. The standard InChI is InChI=1S/C9H16N2O/c1-3-5-11(2)7-9-8-12-6-4-10-9/h1,9-10H,4-8H2,2H3. The first-order valence-corrected chi connectivity index (χ1v) is 4.26. The van der Waals surface area contributed by atoms with Crippen molar-refractivity contribution >= 4 is 0 Å². The zero-order valence-corrected chi connectivity index (χ0v) is 7.55. The lowest BCUT2D eigenvalue weighted by atomic mass is 10.2. The minimum absolute atomic E-state index is 0.442. The van der Waals surface area contributed by atoms with Gasteiger partial charge in [0.25, 0.3) is 0 Å². The van der Waals surface area contributed by atoms with Crippen LogP contribution in [0.2, 0.25) is 0 Å². The van der Waals surface area contributed by atoms with Crippen molar-refractivity contribution in [3.8, 4) is 12.3 Å². The highest BCUT2D eigenvalue weighted by molar-refractivity contribution is 4.88. The molecule has 0 spiro atoms. The maximum absolute atomic E-state index is 5.32. The Bertz CT molecular complexity index is 158. The van der Waals surface area contributed by atoms with E-state index in [9.17, 15) is 0 Å². The molecule has 1 rings (SSSR count). The summed E-state index contributed by atoms with van der Waals surface area (Å²) in [6, 6.07) is 0.442. The van der Waals surface area contributed by atoms with Gasteiger partial charge in [0.15, 0.2) is 0 Å². The average molecular weight is 168 g/mol. The number of nitrogens with zero attached hydrogens (tertiary/aromatic N) is 1. The molecule has 12 heavy (non-hydrogen) atoms. The molecule has 0 bridgehead atoms. The fraction of sp³-hybridized carbons (Fsp3) is 0.778. The molecule has 3 nitrogen and oxygen atoms in total. The minimum Gasteiger partial charge on any atom is -0.378 e. The van der Waals surface area contributed by atoms with Gasteiger partial charge in [-0.15, -0.1) is 6.42 Å². The van der Waals surface area contributed by atoms with Crippen LogP contribution in [0.4, 0.5) is 0 Å². The Morgan fingerprint density at radius 1 is 1.75 bits per heavy atom. The summed E-state index contributed by atoms with van der Waals surface area (Å²) < 4.78 is 5.32. The molecule has 1 aliphatic heterocycles. The first-order chi connectivity index (χ1) is 5.83. The highest BCUT2D eigenvalue weighted by Gasteiger charge is 2.13. The molecule has 3 heteroatoms. The lowest BCUT2D eigenvalue weighted by Crippen LogP contribution is -2.47. The van der Waals surface area contributed by atoms with Gasteiger partial charge in [0, 0.05) is 19.1 Å². The van der Waals surface area contributed by atoms with Gasteiger partial charge in [-0.3, -0.25) is 4.90 Å². The fourth-order valence-electron chi connectivity index (χ4n) is 1.33. The van der Waals surface area contributed by atoms with Crippen LogP contribution in [0, 0.1) is 12.3 Å². The average Bonchev–Trinajstić information content (AvgIpc) is 2.06. The number of morpholine rings is 1. The van der Waals surface area contributed by atoms with E-state index in [1.165, 1.54) is 0 Å². The highest BCUT2D eigenvalue weighted by Crippen LogP contribution is 1.94. The molecule has 0 aromatic heterocycles. The van der Waals surface area contributed by atoms with Crippen molar-refractivity contribution in [1.82, 2.24) is 10.2 Å². The summed E-state index contributed by atoms with van der Waals surface area (Å²) in [5.74, 6) is 2.61. The summed E-state index contributed by atoms with van der Waals surface area (Å²) >= 11 is 0. The molecule has 0 amide bonds. The Labute approximate surface area is 74.1 Å². The zero-order chi connectivity index (χ0) is 8.81. The van der Waals surface area contributed by atoms with Crippen molar-refractivity contribution in [2.75, 3.05) is 39.9 Å². The van der Waals surface area contributed by atoms with Crippen molar-refractivity contribution < 1.29 is 4.74 Å². The minimum atomic E-state index is 0.442. The third-order valence-electron chi connectivity index (χ3n) is 1.89. The van der Waals surface area contributed by atoms with E-state index in [2.05, 4.69) is 16.1 Å². The second-order valence-electron chi connectivity index (χ2n) is 3.13. The summed E-state index contributed by atoms with van der Waals surface area (Å²) in [4.78, 5) is 2.12. The topological polar surface area (TPSA) is 24.5 Å². The van der Waals surface area contributed by atoms with E-state index in [4.69, 9.17) is 11.2 Å². The van der Waals surface area contributed by atoms with Gasteiger partial charge in [-0.2, -0.15) is 0 Å². The van der Waals surface area contributed by atoms with E-state index in [-0.39, 0.29) is 0 Å². The third kappa shape index (κ3) is 3.22. The van der Waals surface area contributed by atoms with Crippen LogP contribution in [0.15, 0.2) is 0 Å². The monoisotopic (exact) mass is 168 g/mol. The van der Waals surface area contributed by atoms with Crippen LogP contribution in [-0.2, 0) is 4.74 Å². The molecule has 1 fully saturated rings. The Morgan fingerprint density at radius 2 is 2.58 bits per heavy atom. The Kier molecular flexibility index (Phi) is 4.09. The lowest BCUT2D eigenvalue weighted by molar-refractivity contribution is 0.0668. The van der Waals surface area contributed by atoms with Crippen LogP contribution in [0.25, 0.3) is 0 Å². The van der Waals surface area contributed by atoms with Gasteiger partial charge in [-0.1, -0.05) is 5.92 Å². The van der Waals surface area contributed by atoms with Crippen molar-refractivity contribution in [3.63, 3.8) is 0 Å². The Hall–Kier alpha value is -0.560. The molecule has 1 aliphatic rings. The van der Waals surface area contributed by atoms with E-state index < -0.39 is 0 Å². The van der Waals surface area contributed by atoms with E-state index >= 15 is 0 Å². The molecule has 0 radical (unpaired) electrons. The van der Waals surface area contributed by atoms with Crippen molar-refractivity contribution in [3.05, 3.63) is 0 Å². The van der Waals surface area contributed by atoms with E-state index in [0.29, 0.717) is 12.6 Å². The summed E-state index contributed by atoms with van der Waals surface area (Å²) in [5, 5.41) is 3.37. The van der Waals surface area contributed by atoms with Crippen molar-refractivity contribution in [2.24, 2.45) is 0 Å². The molecule has 1 N–H and O–H groups in total. The van der Waals surface area contributed by atoms with Gasteiger partial charge >= 0.3 is 0 Å². The summed E-state index contributed by atoms with van der Waals surface area (Å²) in [6.45, 7) is 4.25. The SMILES string of the molecule is C#CCN(C)CC1COCCN1. The largest absolute Gasteiger partial charge is 0.378 e. The predicted octanol–water partition coefficient (Wildman–Crippen LogP) is -0.460. The quantitative estimate of drug-likeness (QED) is 0.577. The van der Waals surface area contributed by atoms with Crippen molar-refractivity contribution in [2.45, 2.75) is 6.04 Å². The maximum atomic E-state index is 5.32. The molecule has 0 saturated carbocycles. The molecule has 1 heterocycles. The second-order valence-corrected chi connectivity index (χ2v) is 3.13. The van der Waals surface area contributed by atoms with Crippen LogP contribution in [0.5, 0.6) is 0 Å². The number of likely N-dealkylation sites (N-methyl/N-ethyl adjacent to an activating group) is 1. The maximum Gasteiger partial charge on any atom is 0.0632 e. The first-order valence-electron chi connectivity index (χ1n) is 4.26. The number of hydrogen-bond donors (Lipinski definition) is 1. The fourth-order valence-corrected chi connectivity index (χ4v) is 1.33. The van der Waals surface area contributed by atoms with Crippen LogP contribution in [0.3, 0.4) is 0 Å². The van der Waals surface area contributed by atoms with Gasteiger partial charge in [0.2, 0.25) is 0 Å². The lowest BCUT2D eigenvalue weighted by Gasteiger charge is -2.27. The molecule has 0 aromatic rings. The summed E-state index contributed by atoms with van der Waals surface area (Å²) in [5.41, 5.74) is 0. The molecular formula is C9H16N2O. The normalized spacial score (nSPS) is 23.9. The Morgan fingerprint density at radius 3 is 3.17 bits per heavy atom. The number of ether oxygens (including phenoxy) is 1. The van der Waals surface area contributed by atoms with E-state index in [1.54, 1.807) is 0 Å². The smallest absolute Gasteiger partial charge is 0.0632 e. The molecule has 1 atom stereocenters. The van der Waals surface area contributed by atoms with Crippen LogP contribution >= 0.6 is 0 Å². The van der Waals surface area contributed by atoms with Gasteiger partial charge in [0.05, 0.1) is 19.8 Å². The van der Waals surface area contributed by atoms with E-state index in [0.717, 1.165) is 26.3 Å². The van der Waals surface area contributed by atoms with Gasteiger partial charge in [0.1, 0.15) is 0 Å². The van der Waals surface area contributed by atoms with Gasteiger partial charge < -0.3 is 10.1 Å². The first kappa shape index (κ1) is 9.53. The number of nitrogens with one attached hydrogen (secondary N) is 1. The summed E-state index contributed by atoms with van der Waals surface area (Å²) in [7, 11) is 2.02. The number of terminal acetylenes is 1. The number of hydrogen-bond acceptors (Lipinski definition) is 3. The predicted molar refractivity (Wildman–Crippen MR) is 48.9 cm³/mol. The second kappa shape index (κ2) is 5.15. The molecule has 1 saturated heterocycles. The summed E-state index contributed by atoms with van der Waals surface area (Å²) in [6.07, 6.45) is 5.19. The zero-order valence-electron chi connectivity index (χ0n) is 7.55. The van der Waals surface area contributed by atoms with Crippen LogP contribution in [-0.4, -0.2) is 50.8 Å². The van der Waals surface area contributed by atoms with Crippen LogP contribution < -0.4 is 5.32 Å².